The van der Waals surface area contributed by atoms with E-state index in [-0.39, 0.29) is 0 Å². The highest BCUT2D eigenvalue weighted by molar-refractivity contribution is 5.51. The smallest absolute Gasteiger partial charge is 0.161 e. The van der Waals surface area contributed by atoms with Gasteiger partial charge in [0, 0.05) is 19.1 Å². The lowest BCUT2D eigenvalue weighted by Gasteiger charge is -2.31. The van der Waals surface area contributed by atoms with Gasteiger partial charge in [-0.15, -0.1) is 0 Å². The molecule has 0 N–H and O–H groups in total. The average molecular weight is 281 g/mol. The fraction of sp³-hybridized carbons (Fsp3) is 0.333. The van der Waals surface area contributed by atoms with Gasteiger partial charge in [-0.25, -0.2) is 0 Å². The van der Waals surface area contributed by atoms with E-state index in [0.29, 0.717) is 6.04 Å². The van der Waals surface area contributed by atoms with E-state index in [9.17, 15) is 0 Å². The summed E-state index contributed by atoms with van der Waals surface area (Å²) in [6.45, 7) is 2.02. The minimum Gasteiger partial charge on any atom is -0.493 e. The number of nitrogens with zero attached hydrogens (tertiary/aromatic N) is 1. The lowest BCUT2D eigenvalue weighted by atomic mass is 9.91. The van der Waals surface area contributed by atoms with Gasteiger partial charge in [0.05, 0.1) is 14.2 Å². The third-order valence-corrected chi connectivity index (χ3v) is 4.72. The van der Waals surface area contributed by atoms with Gasteiger partial charge in [-0.2, -0.15) is 0 Å². The van der Waals surface area contributed by atoms with Crippen LogP contribution in [0.5, 0.6) is 11.5 Å². The van der Waals surface area contributed by atoms with Gasteiger partial charge in [0.25, 0.3) is 0 Å². The number of rotatable bonds is 2. The zero-order valence-corrected chi connectivity index (χ0v) is 12.4. The summed E-state index contributed by atoms with van der Waals surface area (Å²) in [6, 6.07) is 13.5. The van der Waals surface area contributed by atoms with Crippen LogP contribution in [0.3, 0.4) is 0 Å². The SMILES string of the molecule is COc1cc2c(cc1OC)C1Cc3ccccc3CN1C2. The molecule has 0 bridgehead atoms. The third kappa shape index (κ3) is 1.92. The molecule has 21 heavy (non-hydrogen) atoms. The van der Waals surface area contributed by atoms with Crippen molar-refractivity contribution in [1.29, 1.82) is 0 Å². The van der Waals surface area contributed by atoms with Gasteiger partial charge in [0.1, 0.15) is 0 Å². The van der Waals surface area contributed by atoms with Gasteiger partial charge in [-0.3, -0.25) is 4.90 Å². The summed E-state index contributed by atoms with van der Waals surface area (Å²) in [5, 5.41) is 0. The molecule has 0 amide bonds. The summed E-state index contributed by atoms with van der Waals surface area (Å²) in [7, 11) is 3.40. The van der Waals surface area contributed by atoms with Crippen LogP contribution in [0.15, 0.2) is 36.4 Å². The van der Waals surface area contributed by atoms with Crippen molar-refractivity contribution in [2.45, 2.75) is 25.6 Å². The molecule has 0 saturated heterocycles. The first-order valence-electron chi connectivity index (χ1n) is 7.36. The van der Waals surface area contributed by atoms with Crippen LogP contribution in [0.4, 0.5) is 0 Å². The fourth-order valence-corrected chi connectivity index (χ4v) is 3.65. The van der Waals surface area contributed by atoms with Crippen LogP contribution in [-0.2, 0) is 19.5 Å². The standard InChI is InChI=1S/C18H19NO2/c1-20-17-8-14-11-19-10-13-6-4-3-5-12(13)7-16(19)15(14)9-18(17)21-2/h3-6,8-9,16H,7,10-11H2,1-2H3. The Morgan fingerprint density at radius 3 is 2.33 bits per heavy atom. The van der Waals surface area contributed by atoms with Crippen molar-refractivity contribution < 1.29 is 9.47 Å². The van der Waals surface area contributed by atoms with Crippen LogP contribution < -0.4 is 9.47 Å². The molecule has 3 heteroatoms. The van der Waals surface area contributed by atoms with E-state index in [1.807, 2.05) is 0 Å². The first kappa shape index (κ1) is 12.7. The van der Waals surface area contributed by atoms with Crippen molar-refractivity contribution in [3.8, 4) is 11.5 Å². The van der Waals surface area contributed by atoms with Gasteiger partial charge < -0.3 is 9.47 Å². The van der Waals surface area contributed by atoms with E-state index < -0.39 is 0 Å². The van der Waals surface area contributed by atoms with Gasteiger partial charge in [-0.1, -0.05) is 24.3 Å². The van der Waals surface area contributed by atoms with Crippen molar-refractivity contribution in [2.24, 2.45) is 0 Å². The highest BCUT2D eigenvalue weighted by atomic mass is 16.5. The van der Waals surface area contributed by atoms with Gasteiger partial charge in [0.15, 0.2) is 11.5 Å². The first-order valence-corrected chi connectivity index (χ1v) is 7.36. The van der Waals surface area contributed by atoms with Crippen molar-refractivity contribution in [3.05, 3.63) is 58.7 Å². The monoisotopic (exact) mass is 281 g/mol. The zero-order valence-electron chi connectivity index (χ0n) is 12.4. The maximum absolute atomic E-state index is 5.47. The molecule has 2 aliphatic rings. The number of hydrogen-bond acceptors (Lipinski definition) is 3. The average Bonchev–Trinajstić information content (AvgIpc) is 2.87. The van der Waals surface area contributed by atoms with E-state index in [4.69, 9.17) is 9.47 Å². The molecule has 0 spiro atoms. The van der Waals surface area contributed by atoms with Crippen molar-refractivity contribution in [2.75, 3.05) is 14.2 Å². The molecule has 0 aliphatic carbocycles. The Balaban J connectivity index is 1.76. The lowest BCUT2D eigenvalue weighted by molar-refractivity contribution is 0.189. The molecule has 2 aromatic rings. The highest BCUT2D eigenvalue weighted by Gasteiger charge is 2.35. The molecule has 4 rings (SSSR count). The van der Waals surface area contributed by atoms with E-state index >= 15 is 0 Å². The van der Waals surface area contributed by atoms with Crippen LogP contribution in [0.1, 0.15) is 28.3 Å². The lowest BCUT2D eigenvalue weighted by Crippen LogP contribution is -2.28. The summed E-state index contributed by atoms with van der Waals surface area (Å²) in [5.74, 6) is 1.66. The maximum Gasteiger partial charge on any atom is 0.161 e. The molecule has 3 nitrogen and oxygen atoms in total. The summed E-state index contributed by atoms with van der Waals surface area (Å²) < 4.78 is 10.9. The van der Waals surface area contributed by atoms with Crippen LogP contribution in [-0.4, -0.2) is 19.1 Å². The molecule has 0 fully saturated rings. The van der Waals surface area contributed by atoms with E-state index in [2.05, 4.69) is 41.3 Å². The minimum atomic E-state index is 0.467. The second kappa shape index (κ2) is 4.78. The predicted molar refractivity (Wildman–Crippen MR) is 81.7 cm³/mol. The van der Waals surface area contributed by atoms with Gasteiger partial charge in [-0.05, 0) is 40.8 Å². The van der Waals surface area contributed by atoms with Crippen molar-refractivity contribution >= 4 is 0 Å². The number of ether oxygens (including phenoxy) is 2. The minimum absolute atomic E-state index is 0.467. The molecule has 0 aromatic heterocycles. The summed E-state index contributed by atoms with van der Waals surface area (Å²) >= 11 is 0. The normalized spacial score (nSPS) is 19.6. The Morgan fingerprint density at radius 2 is 1.57 bits per heavy atom. The molecule has 1 atom stereocenters. The molecule has 2 aromatic carbocycles. The Kier molecular flexibility index (Phi) is 2.89. The van der Waals surface area contributed by atoms with Gasteiger partial charge in [0.2, 0.25) is 0 Å². The van der Waals surface area contributed by atoms with Crippen molar-refractivity contribution in [1.82, 2.24) is 4.90 Å². The second-order valence-corrected chi connectivity index (χ2v) is 5.80. The summed E-state index contributed by atoms with van der Waals surface area (Å²) in [6.07, 6.45) is 1.08. The Hall–Kier alpha value is -2.00. The summed E-state index contributed by atoms with van der Waals surface area (Å²) in [5.41, 5.74) is 5.69. The molecule has 108 valence electrons. The van der Waals surface area contributed by atoms with Crippen LogP contribution in [0.25, 0.3) is 0 Å². The Morgan fingerprint density at radius 1 is 0.905 bits per heavy atom. The van der Waals surface area contributed by atoms with Crippen LogP contribution in [0.2, 0.25) is 0 Å². The number of fused-ring (bicyclic) bond motifs is 4. The van der Waals surface area contributed by atoms with Gasteiger partial charge >= 0.3 is 0 Å². The predicted octanol–water partition coefficient (Wildman–Crippen LogP) is 3.32. The quantitative estimate of drug-likeness (QED) is 0.843. The van der Waals surface area contributed by atoms with Crippen LogP contribution in [0, 0.1) is 0 Å². The molecular weight excluding hydrogens is 262 g/mol. The molecule has 2 heterocycles. The van der Waals surface area contributed by atoms with E-state index in [0.717, 1.165) is 31.0 Å². The third-order valence-electron chi connectivity index (χ3n) is 4.72. The maximum atomic E-state index is 5.47. The highest BCUT2D eigenvalue weighted by Crippen LogP contribution is 2.44. The number of hydrogen-bond donors (Lipinski definition) is 0. The van der Waals surface area contributed by atoms with Crippen LogP contribution >= 0.6 is 0 Å². The topological polar surface area (TPSA) is 21.7 Å². The summed E-state index contributed by atoms with van der Waals surface area (Å²) in [4.78, 5) is 2.55. The molecule has 2 aliphatic heterocycles. The Bertz CT molecular complexity index is 696. The molecule has 0 radical (unpaired) electrons. The number of methoxy groups -OCH3 is 2. The van der Waals surface area contributed by atoms with E-state index in [1.165, 1.54) is 22.3 Å². The first-order chi connectivity index (χ1) is 10.3. The molecule has 0 saturated carbocycles. The number of benzene rings is 2. The van der Waals surface area contributed by atoms with Crippen molar-refractivity contribution in [3.63, 3.8) is 0 Å². The largest absolute Gasteiger partial charge is 0.493 e. The molecular formula is C18H19NO2. The molecule has 1 unspecified atom stereocenters. The zero-order chi connectivity index (χ0) is 14.4. The fourth-order valence-electron chi connectivity index (χ4n) is 3.65. The van der Waals surface area contributed by atoms with E-state index in [1.54, 1.807) is 14.2 Å². The Labute approximate surface area is 125 Å². The second-order valence-electron chi connectivity index (χ2n) is 5.80.